The minimum absolute atomic E-state index is 0.00249. The number of carbonyl (C=O) groups is 1. The summed E-state index contributed by atoms with van der Waals surface area (Å²) in [6.07, 6.45) is 2.71. The zero-order valence-corrected chi connectivity index (χ0v) is 21.1. The summed E-state index contributed by atoms with van der Waals surface area (Å²) in [7, 11) is 0. The Morgan fingerprint density at radius 3 is 2.32 bits per heavy atom. The van der Waals surface area contributed by atoms with Crippen LogP contribution in [0.2, 0.25) is 0 Å². The molecule has 1 aliphatic carbocycles. The number of anilines is 2. The average molecular weight is 517 g/mol. The molecule has 200 valence electrons. The summed E-state index contributed by atoms with van der Waals surface area (Å²) < 4.78 is 32.1. The van der Waals surface area contributed by atoms with Gasteiger partial charge in [-0.05, 0) is 62.4 Å². The van der Waals surface area contributed by atoms with Gasteiger partial charge in [0, 0.05) is 49.7 Å². The molecular formula is C27H34F2N4O4. The number of piperazine rings is 1. The fourth-order valence-corrected chi connectivity index (χ4v) is 5.12. The summed E-state index contributed by atoms with van der Waals surface area (Å²) in [4.78, 5) is 27.5. The first kappa shape index (κ1) is 26.8. The maximum absolute atomic E-state index is 13.2. The van der Waals surface area contributed by atoms with Crippen LogP contribution in [0.5, 0.6) is 0 Å². The molecule has 10 heteroatoms. The molecule has 0 radical (unpaired) electrons. The molecule has 2 aromatic carbocycles. The number of carbonyl (C=O) groups excluding carboxylic acids is 1. The van der Waals surface area contributed by atoms with Crippen molar-refractivity contribution >= 4 is 23.0 Å². The highest BCUT2D eigenvalue weighted by molar-refractivity contribution is 5.80. The van der Waals surface area contributed by atoms with Gasteiger partial charge < -0.3 is 19.9 Å². The van der Waals surface area contributed by atoms with E-state index >= 15 is 0 Å². The number of hydrogen-bond acceptors (Lipinski definition) is 6. The number of rotatable bonds is 9. The summed E-state index contributed by atoms with van der Waals surface area (Å²) in [6.45, 7) is 3.12. The van der Waals surface area contributed by atoms with Crippen LogP contribution in [-0.2, 0) is 22.9 Å². The lowest BCUT2D eigenvalue weighted by molar-refractivity contribution is -0.385. The predicted octanol–water partition coefficient (Wildman–Crippen LogP) is 5.01. The van der Waals surface area contributed by atoms with E-state index in [9.17, 15) is 23.7 Å². The number of nitrogens with one attached hydrogen (secondary N) is 1. The van der Waals surface area contributed by atoms with Crippen molar-refractivity contribution in [1.29, 1.82) is 0 Å². The first-order valence-electron chi connectivity index (χ1n) is 12.8. The summed E-state index contributed by atoms with van der Waals surface area (Å²) >= 11 is 0. The fraction of sp³-hybridized carbons (Fsp3) is 0.519. The fourth-order valence-electron chi connectivity index (χ4n) is 5.12. The van der Waals surface area contributed by atoms with E-state index in [1.54, 1.807) is 18.2 Å². The number of hydrogen-bond donors (Lipinski definition) is 1. The van der Waals surface area contributed by atoms with E-state index in [2.05, 4.69) is 10.2 Å². The minimum Gasteiger partial charge on any atom is -0.382 e. The van der Waals surface area contributed by atoms with Crippen LogP contribution >= 0.6 is 0 Å². The Kier molecular flexibility index (Phi) is 8.91. The van der Waals surface area contributed by atoms with Crippen LogP contribution in [0, 0.1) is 10.1 Å². The molecule has 2 aromatic rings. The third-order valence-electron chi connectivity index (χ3n) is 7.26. The van der Waals surface area contributed by atoms with Crippen LogP contribution in [0.15, 0.2) is 42.5 Å². The molecule has 0 spiro atoms. The highest BCUT2D eigenvalue weighted by atomic mass is 19.1. The number of halogens is 2. The smallest absolute Gasteiger partial charge is 0.275 e. The number of nitro benzene ring substituents is 1. The van der Waals surface area contributed by atoms with Gasteiger partial charge in [-0.25, -0.2) is 8.78 Å². The van der Waals surface area contributed by atoms with Crippen LogP contribution in [-0.4, -0.2) is 60.2 Å². The van der Waals surface area contributed by atoms with E-state index < -0.39 is 24.4 Å². The normalized spacial score (nSPS) is 20.9. The van der Waals surface area contributed by atoms with Crippen molar-refractivity contribution in [3.8, 4) is 0 Å². The van der Waals surface area contributed by atoms with Crippen molar-refractivity contribution in [3.05, 3.63) is 63.7 Å². The predicted molar refractivity (Wildman–Crippen MR) is 138 cm³/mol. The van der Waals surface area contributed by atoms with E-state index in [0.29, 0.717) is 24.3 Å². The molecule has 4 rings (SSSR count). The van der Waals surface area contributed by atoms with Crippen molar-refractivity contribution in [2.24, 2.45) is 0 Å². The van der Waals surface area contributed by atoms with Crippen molar-refractivity contribution in [2.45, 2.75) is 64.2 Å². The number of ether oxygens (including phenoxy) is 1. The van der Waals surface area contributed by atoms with Crippen LogP contribution < -0.4 is 10.2 Å². The van der Waals surface area contributed by atoms with Crippen molar-refractivity contribution in [2.75, 3.05) is 36.4 Å². The van der Waals surface area contributed by atoms with Crippen LogP contribution in [0.1, 0.15) is 43.7 Å². The summed E-state index contributed by atoms with van der Waals surface area (Å²) in [6, 6.07) is 12.0. The number of benzene rings is 2. The SMILES string of the molecule is CC(OC1CCC(Nc2ccc([N+](=O)[O-])c(CF)c2)CC1)C(=O)N1CCN(c2ccc(CF)cc2)CC1. The molecule has 0 bridgehead atoms. The molecule has 1 unspecified atom stereocenters. The van der Waals surface area contributed by atoms with Gasteiger partial charge in [-0.15, -0.1) is 0 Å². The van der Waals surface area contributed by atoms with E-state index in [1.807, 2.05) is 24.0 Å². The van der Waals surface area contributed by atoms with Gasteiger partial charge in [0.2, 0.25) is 0 Å². The molecule has 1 aliphatic heterocycles. The Bertz CT molecular complexity index is 1070. The highest BCUT2D eigenvalue weighted by Crippen LogP contribution is 2.28. The number of nitro groups is 1. The van der Waals surface area contributed by atoms with E-state index in [-0.39, 0.29) is 29.3 Å². The molecular weight excluding hydrogens is 482 g/mol. The molecule has 1 N–H and O–H groups in total. The number of nitrogens with zero attached hydrogens (tertiary/aromatic N) is 3. The monoisotopic (exact) mass is 516 g/mol. The molecule has 1 heterocycles. The van der Waals surface area contributed by atoms with Crippen LogP contribution in [0.4, 0.5) is 25.8 Å². The maximum atomic E-state index is 13.2. The quantitative estimate of drug-likeness (QED) is 0.372. The lowest BCUT2D eigenvalue weighted by atomic mass is 9.92. The first-order valence-corrected chi connectivity index (χ1v) is 12.8. The lowest BCUT2D eigenvalue weighted by Crippen LogP contribution is -2.52. The molecule has 2 fully saturated rings. The second kappa shape index (κ2) is 12.3. The Morgan fingerprint density at radius 2 is 1.73 bits per heavy atom. The Balaban J connectivity index is 1.20. The standard InChI is InChI=1S/C27H34F2N4O4/c1-19(27(34)32-14-12-31(13-15-32)24-7-2-20(17-28)3-8-24)37-25-9-4-22(5-10-25)30-23-6-11-26(33(35)36)21(16-23)18-29/h2-3,6-8,11,16,19,22,25,30H,4-5,9-10,12-15,17-18H2,1H3. The molecule has 1 saturated heterocycles. The van der Waals surface area contributed by atoms with E-state index in [4.69, 9.17) is 4.74 Å². The highest BCUT2D eigenvalue weighted by Gasteiger charge is 2.29. The Morgan fingerprint density at radius 1 is 1.05 bits per heavy atom. The third kappa shape index (κ3) is 6.74. The summed E-state index contributed by atoms with van der Waals surface area (Å²) in [5.41, 5.74) is 2.22. The van der Waals surface area contributed by atoms with Gasteiger partial charge in [0.15, 0.2) is 0 Å². The number of alkyl halides is 2. The zero-order valence-electron chi connectivity index (χ0n) is 21.1. The third-order valence-corrected chi connectivity index (χ3v) is 7.26. The molecule has 2 aliphatic rings. The Labute approximate surface area is 215 Å². The van der Waals surface area contributed by atoms with Crippen LogP contribution in [0.3, 0.4) is 0 Å². The molecule has 1 saturated carbocycles. The van der Waals surface area contributed by atoms with Gasteiger partial charge in [0.05, 0.1) is 16.6 Å². The first-order chi connectivity index (χ1) is 17.9. The lowest BCUT2D eigenvalue weighted by Gasteiger charge is -2.38. The topological polar surface area (TPSA) is 87.9 Å². The number of amides is 1. The van der Waals surface area contributed by atoms with E-state index in [1.165, 1.54) is 12.1 Å². The maximum Gasteiger partial charge on any atom is 0.275 e. The summed E-state index contributed by atoms with van der Waals surface area (Å²) in [5, 5.41) is 14.4. The zero-order chi connectivity index (χ0) is 26.4. The average Bonchev–Trinajstić information content (AvgIpc) is 2.93. The van der Waals surface area contributed by atoms with E-state index in [0.717, 1.165) is 44.5 Å². The van der Waals surface area contributed by atoms with Crippen molar-refractivity contribution in [1.82, 2.24) is 4.90 Å². The minimum atomic E-state index is -0.888. The molecule has 8 nitrogen and oxygen atoms in total. The Hall–Kier alpha value is -3.27. The van der Waals surface area contributed by atoms with Gasteiger partial charge >= 0.3 is 0 Å². The molecule has 37 heavy (non-hydrogen) atoms. The molecule has 1 atom stereocenters. The van der Waals surface area contributed by atoms with Crippen molar-refractivity contribution in [3.63, 3.8) is 0 Å². The second-order valence-electron chi connectivity index (χ2n) is 9.74. The van der Waals surface area contributed by atoms with Gasteiger partial charge in [0.25, 0.3) is 11.6 Å². The van der Waals surface area contributed by atoms with Gasteiger partial charge in [-0.3, -0.25) is 14.9 Å². The van der Waals surface area contributed by atoms with Crippen LogP contribution in [0.25, 0.3) is 0 Å². The summed E-state index contributed by atoms with van der Waals surface area (Å²) in [5.74, 6) is -0.00249. The second-order valence-corrected chi connectivity index (χ2v) is 9.74. The largest absolute Gasteiger partial charge is 0.382 e. The van der Waals surface area contributed by atoms with Gasteiger partial charge in [-0.2, -0.15) is 0 Å². The molecule has 1 amide bonds. The van der Waals surface area contributed by atoms with Gasteiger partial charge in [0.1, 0.15) is 19.5 Å². The molecule has 0 aromatic heterocycles. The van der Waals surface area contributed by atoms with Gasteiger partial charge in [-0.1, -0.05) is 12.1 Å². The van der Waals surface area contributed by atoms with Crippen molar-refractivity contribution < 1.29 is 23.2 Å².